The summed E-state index contributed by atoms with van der Waals surface area (Å²) in [4.78, 5) is 0. The van der Waals surface area contributed by atoms with E-state index in [1.165, 1.54) is 31.2 Å². The minimum atomic E-state index is -5.27. The van der Waals surface area contributed by atoms with Gasteiger partial charge < -0.3 is 4.74 Å². The van der Waals surface area contributed by atoms with E-state index in [0.29, 0.717) is 37.0 Å². The van der Waals surface area contributed by atoms with Crippen LogP contribution in [0.1, 0.15) is 86.8 Å². The summed E-state index contributed by atoms with van der Waals surface area (Å²) in [6, 6.07) is 11.9. The van der Waals surface area contributed by atoms with Crippen LogP contribution in [0.2, 0.25) is 0 Å². The average molecular weight is 597 g/mol. The van der Waals surface area contributed by atoms with Crippen LogP contribution in [0.4, 0.5) is 35.1 Å². The lowest BCUT2D eigenvalue weighted by atomic mass is 9.76. The predicted octanol–water partition coefficient (Wildman–Crippen LogP) is 11.0. The molecule has 0 N–H and O–H groups in total. The van der Waals surface area contributed by atoms with Crippen molar-refractivity contribution in [3.05, 3.63) is 88.7 Å². The Labute approximate surface area is 239 Å². The Kier molecular flexibility index (Phi) is 8.59. The third-order valence-corrected chi connectivity index (χ3v) is 8.93. The highest BCUT2D eigenvalue weighted by Crippen LogP contribution is 2.44. The molecule has 0 radical (unpaired) electrons. The molecule has 3 aromatic carbocycles. The second kappa shape index (κ2) is 11.9. The zero-order valence-electron chi connectivity index (χ0n) is 23.1. The molecule has 0 unspecified atom stereocenters. The fourth-order valence-corrected chi connectivity index (χ4v) is 6.43. The number of hydrogen-bond acceptors (Lipinski definition) is 1. The minimum absolute atomic E-state index is 0.165. The second-order valence-corrected chi connectivity index (χ2v) is 11.8. The van der Waals surface area contributed by atoms with Crippen LogP contribution in [-0.2, 0) is 6.18 Å². The van der Waals surface area contributed by atoms with Gasteiger partial charge in [0.15, 0.2) is 0 Å². The van der Waals surface area contributed by atoms with Crippen LogP contribution in [0.15, 0.2) is 54.6 Å². The molecule has 2 aliphatic carbocycles. The number of hydrogen-bond donors (Lipinski definition) is 0. The number of benzene rings is 3. The molecule has 226 valence electrons. The van der Waals surface area contributed by atoms with Gasteiger partial charge in [0, 0.05) is 11.6 Å². The van der Waals surface area contributed by atoms with Crippen molar-refractivity contribution in [2.24, 2.45) is 11.8 Å². The van der Waals surface area contributed by atoms with Crippen LogP contribution < -0.4 is 4.74 Å². The highest BCUT2D eigenvalue weighted by molar-refractivity contribution is 5.66. The van der Waals surface area contributed by atoms with Crippen LogP contribution in [-0.4, -0.2) is 6.11 Å². The minimum Gasteiger partial charge on any atom is -0.432 e. The Morgan fingerprint density at radius 2 is 1.12 bits per heavy atom. The SMILES string of the molecule is CC1CCC(c2ccc(C3CCC(C(F)(F)Oc4ccc(-c5cc(F)c(C(F)(F)F)c(F)c5)c(F)c4)CC3)cc2)CC1. The molecular formula is C33H32F8O. The van der Waals surface area contributed by atoms with Crippen LogP contribution in [0, 0.1) is 29.3 Å². The van der Waals surface area contributed by atoms with E-state index in [1.54, 1.807) is 0 Å². The van der Waals surface area contributed by atoms with Gasteiger partial charge in [-0.2, -0.15) is 22.0 Å². The van der Waals surface area contributed by atoms with Crippen molar-refractivity contribution in [3.8, 4) is 16.9 Å². The van der Waals surface area contributed by atoms with E-state index in [9.17, 15) is 26.3 Å². The van der Waals surface area contributed by atoms with E-state index < -0.39 is 58.1 Å². The fourth-order valence-electron chi connectivity index (χ4n) is 6.43. The molecule has 1 nitrogen and oxygen atoms in total. The summed E-state index contributed by atoms with van der Waals surface area (Å²) in [6.07, 6.45) is -2.46. The molecule has 2 aliphatic rings. The molecule has 0 aliphatic heterocycles. The maximum atomic E-state index is 15.1. The molecule has 5 rings (SSSR count). The van der Waals surface area contributed by atoms with Gasteiger partial charge in [0.05, 0.1) is 5.92 Å². The molecule has 0 spiro atoms. The van der Waals surface area contributed by atoms with Crippen molar-refractivity contribution < 1.29 is 39.9 Å². The number of rotatable bonds is 6. The zero-order chi connectivity index (χ0) is 30.2. The molecule has 3 aromatic rings. The predicted molar refractivity (Wildman–Crippen MR) is 144 cm³/mol. The molecule has 0 bridgehead atoms. The average Bonchev–Trinajstić information content (AvgIpc) is 2.92. The smallest absolute Gasteiger partial charge is 0.422 e. The summed E-state index contributed by atoms with van der Waals surface area (Å²) >= 11 is 0. The Hall–Kier alpha value is -3.10. The van der Waals surface area contributed by atoms with Gasteiger partial charge in [0.1, 0.15) is 28.8 Å². The molecule has 9 heteroatoms. The van der Waals surface area contributed by atoms with Gasteiger partial charge in [-0.05, 0) is 97.2 Å². The Balaban J connectivity index is 1.20. The Bertz CT molecular complexity index is 1360. The molecule has 42 heavy (non-hydrogen) atoms. The molecule has 2 saturated carbocycles. The maximum Gasteiger partial charge on any atom is 0.422 e. The lowest BCUT2D eigenvalue weighted by Gasteiger charge is -2.33. The third kappa shape index (κ3) is 6.60. The zero-order valence-corrected chi connectivity index (χ0v) is 23.1. The molecule has 0 atom stereocenters. The van der Waals surface area contributed by atoms with Crippen LogP contribution >= 0.6 is 0 Å². The summed E-state index contributed by atoms with van der Waals surface area (Å²) in [6.45, 7) is 2.29. The highest BCUT2D eigenvalue weighted by atomic mass is 19.4. The van der Waals surface area contributed by atoms with Crippen LogP contribution in [0.5, 0.6) is 5.75 Å². The van der Waals surface area contributed by atoms with Crippen LogP contribution in [0.3, 0.4) is 0 Å². The third-order valence-electron chi connectivity index (χ3n) is 8.93. The molecule has 0 saturated heterocycles. The molecule has 0 amide bonds. The van der Waals surface area contributed by atoms with Gasteiger partial charge in [0.25, 0.3) is 0 Å². The Morgan fingerprint density at radius 3 is 1.60 bits per heavy atom. The molecule has 0 heterocycles. The number of halogens is 8. The van der Waals surface area contributed by atoms with Gasteiger partial charge in [-0.25, -0.2) is 13.2 Å². The summed E-state index contributed by atoms with van der Waals surface area (Å²) in [5.41, 5.74) is -0.576. The van der Waals surface area contributed by atoms with Crippen molar-refractivity contribution in [3.63, 3.8) is 0 Å². The summed E-state index contributed by atoms with van der Waals surface area (Å²) in [7, 11) is 0. The van der Waals surface area contributed by atoms with Crippen molar-refractivity contribution in [2.45, 2.75) is 82.4 Å². The lowest BCUT2D eigenvalue weighted by molar-refractivity contribution is -0.222. The van der Waals surface area contributed by atoms with Crippen LogP contribution in [0.25, 0.3) is 11.1 Å². The van der Waals surface area contributed by atoms with Gasteiger partial charge in [-0.15, -0.1) is 0 Å². The van der Waals surface area contributed by atoms with E-state index >= 15 is 8.78 Å². The van der Waals surface area contributed by atoms with E-state index in [-0.39, 0.29) is 18.8 Å². The first-order chi connectivity index (χ1) is 19.8. The van der Waals surface area contributed by atoms with Crippen molar-refractivity contribution in [1.82, 2.24) is 0 Å². The van der Waals surface area contributed by atoms with Crippen molar-refractivity contribution >= 4 is 0 Å². The van der Waals surface area contributed by atoms with Crippen molar-refractivity contribution in [1.29, 1.82) is 0 Å². The van der Waals surface area contributed by atoms with E-state index in [0.717, 1.165) is 23.6 Å². The maximum absolute atomic E-state index is 15.1. The van der Waals surface area contributed by atoms with Crippen molar-refractivity contribution in [2.75, 3.05) is 0 Å². The monoisotopic (exact) mass is 596 g/mol. The summed E-state index contributed by atoms with van der Waals surface area (Å²) in [5, 5.41) is 0. The highest BCUT2D eigenvalue weighted by Gasteiger charge is 2.44. The van der Waals surface area contributed by atoms with E-state index in [2.05, 4.69) is 31.2 Å². The van der Waals surface area contributed by atoms with Gasteiger partial charge in [-0.3, -0.25) is 0 Å². The largest absolute Gasteiger partial charge is 0.432 e. The standard InChI is InChI=1S/C33H32F8O/c1-19-2-4-20(5-3-19)21-6-8-22(9-7-21)23-10-12-25(13-11-23)33(40,41)42-26-14-15-27(28(34)18-26)24-16-29(35)31(30(36)17-24)32(37,38)39/h6-9,14-20,23,25H,2-5,10-13H2,1H3. The summed E-state index contributed by atoms with van der Waals surface area (Å²) in [5.74, 6) is -5.04. The number of alkyl halides is 5. The molecule has 0 aromatic heterocycles. The van der Waals surface area contributed by atoms with Gasteiger partial charge in [0.2, 0.25) is 0 Å². The fraction of sp³-hybridized carbons (Fsp3) is 0.455. The second-order valence-electron chi connectivity index (χ2n) is 11.8. The first kappa shape index (κ1) is 30.4. The lowest BCUT2D eigenvalue weighted by Crippen LogP contribution is -2.37. The van der Waals surface area contributed by atoms with Gasteiger partial charge in [-0.1, -0.05) is 44.0 Å². The quantitative estimate of drug-likeness (QED) is 0.257. The molecule has 2 fully saturated rings. The van der Waals surface area contributed by atoms with E-state index in [4.69, 9.17) is 4.74 Å². The Morgan fingerprint density at radius 1 is 0.619 bits per heavy atom. The molecular weight excluding hydrogens is 564 g/mol. The first-order valence-corrected chi connectivity index (χ1v) is 14.3. The van der Waals surface area contributed by atoms with E-state index in [1.807, 2.05) is 0 Å². The number of ether oxygens (including phenoxy) is 1. The summed E-state index contributed by atoms with van der Waals surface area (Å²) < 4.78 is 116. The first-order valence-electron chi connectivity index (χ1n) is 14.3. The normalized spacial score (nSPS) is 23.5. The topological polar surface area (TPSA) is 9.23 Å². The van der Waals surface area contributed by atoms with Gasteiger partial charge >= 0.3 is 12.3 Å².